The van der Waals surface area contributed by atoms with E-state index in [2.05, 4.69) is 0 Å². The Morgan fingerprint density at radius 1 is 1.42 bits per heavy atom. The van der Waals surface area contributed by atoms with Crippen molar-refractivity contribution in [3.63, 3.8) is 0 Å². The Labute approximate surface area is 120 Å². The zero-order chi connectivity index (χ0) is 14.4. The summed E-state index contributed by atoms with van der Waals surface area (Å²) in [5, 5.41) is 0. The topological polar surface area (TPSA) is 20.3 Å². The number of carbonyl (C=O) groups excluding carboxylic acids is 1. The van der Waals surface area contributed by atoms with Gasteiger partial charge in [-0.2, -0.15) is 0 Å². The molecule has 1 fully saturated rings. The van der Waals surface area contributed by atoms with E-state index >= 15 is 0 Å². The molecule has 0 spiro atoms. The molecule has 1 amide bonds. The highest BCUT2D eigenvalue weighted by atomic mass is 35.5. The molecule has 6 heteroatoms. The van der Waals surface area contributed by atoms with E-state index in [1.54, 1.807) is 14.0 Å². The third-order valence-corrected chi connectivity index (χ3v) is 4.31. The predicted molar refractivity (Wildman–Crippen MR) is 70.1 cm³/mol. The minimum absolute atomic E-state index is 0.192. The molecule has 1 saturated carbocycles. The standard InChI is InChI=1S/C13H13Cl2F2NO/c1-7(8-3-4-10(16)11(17)5-8)18(2)12(19)9-6-13(9,14)15/h3-5,7,9H,6H2,1-2H3. The van der Waals surface area contributed by atoms with E-state index in [-0.39, 0.29) is 11.9 Å². The molecule has 0 bridgehead atoms. The van der Waals surface area contributed by atoms with E-state index in [9.17, 15) is 13.6 Å². The Morgan fingerprint density at radius 3 is 2.47 bits per heavy atom. The van der Waals surface area contributed by atoms with Gasteiger partial charge in [-0.15, -0.1) is 23.2 Å². The van der Waals surface area contributed by atoms with Crippen LogP contribution in [-0.2, 0) is 4.79 Å². The average molecular weight is 308 g/mol. The van der Waals surface area contributed by atoms with Crippen LogP contribution >= 0.6 is 23.2 Å². The van der Waals surface area contributed by atoms with Gasteiger partial charge in [0, 0.05) is 7.05 Å². The number of hydrogen-bond acceptors (Lipinski definition) is 1. The Hall–Kier alpha value is -0.870. The van der Waals surface area contributed by atoms with Gasteiger partial charge in [0.2, 0.25) is 5.91 Å². The average Bonchev–Trinajstić information content (AvgIpc) is 2.99. The molecule has 1 aliphatic carbocycles. The van der Waals surface area contributed by atoms with E-state index in [4.69, 9.17) is 23.2 Å². The molecule has 0 radical (unpaired) electrons. The first-order valence-electron chi connectivity index (χ1n) is 5.83. The van der Waals surface area contributed by atoms with Crippen molar-refractivity contribution in [3.8, 4) is 0 Å². The van der Waals surface area contributed by atoms with E-state index in [1.807, 2.05) is 0 Å². The van der Waals surface area contributed by atoms with Gasteiger partial charge in [0.1, 0.15) is 4.33 Å². The van der Waals surface area contributed by atoms with Gasteiger partial charge in [-0.25, -0.2) is 8.78 Å². The number of hydrogen-bond donors (Lipinski definition) is 0. The van der Waals surface area contributed by atoms with Gasteiger partial charge in [0.15, 0.2) is 11.6 Å². The summed E-state index contributed by atoms with van der Waals surface area (Å²) in [7, 11) is 1.59. The number of nitrogens with zero attached hydrogens (tertiary/aromatic N) is 1. The van der Waals surface area contributed by atoms with Crippen LogP contribution in [0.4, 0.5) is 8.78 Å². The molecule has 1 aromatic carbocycles. The Kier molecular flexibility index (Phi) is 3.76. The number of rotatable bonds is 3. The summed E-state index contributed by atoms with van der Waals surface area (Å²) in [5.41, 5.74) is 0.519. The highest BCUT2D eigenvalue weighted by Crippen LogP contribution is 2.54. The zero-order valence-corrected chi connectivity index (χ0v) is 12.0. The fourth-order valence-electron chi connectivity index (χ4n) is 1.91. The van der Waals surface area contributed by atoms with Gasteiger partial charge in [-0.05, 0) is 31.0 Å². The van der Waals surface area contributed by atoms with Crippen LogP contribution in [0.15, 0.2) is 18.2 Å². The molecule has 0 aliphatic heterocycles. The molecule has 2 nitrogen and oxygen atoms in total. The maximum absolute atomic E-state index is 13.2. The number of amides is 1. The van der Waals surface area contributed by atoms with Gasteiger partial charge < -0.3 is 4.90 Å². The molecule has 2 rings (SSSR count). The third kappa shape index (κ3) is 2.84. The number of carbonyl (C=O) groups is 1. The van der Waals surface area contributed by atoms with Crippen molar-refractivity contribution in [2.24, 2.45) is 5.92 Å². The van der Waals surface area contributed by atoms with Crippen molar-refractivity contribution in [2.45, 2.75) is 23.7 Å². The summed E-state index contributed by atoms with van der Waals surface area (Å²) in [4.78, 5) is 13.5. The van der Waals surface area contributed by atoms with Gasteiger partial charge in [-0.1, -0.05) is 6.07 Å². The monoisotopic (exact) mass is 307 g/mol. The van der Waals surface area contributed by atoms with Crippen LogP contribution in [0.2, 0.25) is 0 Å². The molecule has 104 valence electrons. The first-order chi connectivity index (χ1) is 8.74. The van der Waals surface area contributed by atoms with Crippen LogP contribution < -0.4 is 0 Å². The van der Waals surface area contributed by atoms with Crippen LogP contribution in [0.25, 0.3) is 0 Å². The highest BCUT2D eigenvalue weighted by molar-refractivity contribution is 6.52. The van der Waals surface area contributed by atoms with Crippen molar-refractivity contribution in [1.29, 1.82) is 0 Å². The zero-order valence-electron chi connectivity index (χ0n) is 10.5. The van der Waals surface area contributed by atoms with Crippen LogP contribution in [0.1, 0.15) is 24.9 Å². The second kappa shape index (κ2) is 4.91. The molecular weight excluding hydrogens is 295 g/mol. The van der Waals surface area contributed by atoms with Crippen LogP contribution in [-0.4, -0.2) is 22.2 Å². The summed E-state index contributed by atoms with van der Waals surface area (Å²) < 4.78 is 25.1. The van der Waals surface area contributed by atoms with E-state index in [0.29, 0.717) is 12.0 Å². The van der Waals surface area contributed by atoms with Crippen molar-refractivity contribution >= 4 is 29.1 Å². The van der Waals surface area contributed by atoms with Gasteiger partial charge in [-0.3, -0.25) is 4.79 Å². The predicted octanol–water partition coefficient (Wildman–Crippen LogP) is 3.68. The van der Waals surface area contributed by atoms with Crippen molar-refractivity contribution in [1.82, 2.24) is 4.90 Å². The molecule has 0 aromatic heterocycles. The van der Waals surface area contributed by atoms with E-state index in [0.717, 1.165) is 12.1 Å². The largest absolute Gasteiger partial charge is 0.339 e. The smallest absolute Gasteiger partial charge is 0.229 e. The first-order valence-corrected chi connectivity index (χ1v) is 6.59. The quantitative estimate of drug-likeness (QED) is 0.780. The lowest BCUT2D eigenvalue weighted by molar-refractivity contribution is -0.133. The van der Waals surface area contributed by atoms with Gasteiger partial charge in [0.25, 0.3) is 0 Å². The molecule has 0 N–H and O–H groups in total. The second-order valence-corrected chi connectivity index (χ2v) is 6.36. The van der Waals surface area contributed by atoms with Gasteiger partial charge >= 0.3 is 0 Å². The fourth-order valence-corrected chi connectivity index (χ4v) is 2.41. The van der Waals surface area contributed by atoms with E-state index in [1.165, 1.54) is 11.0 Å². The molecule has 0 saturated heterocycles. The van der Waals surface area contributed by atoms with E-state index < -0.39 is 21.9 Å². The molecule has 0 heterocycles. The van der Waals surface area contributed by atoms with Crippen molar-refractivity contribution in [3.05, 3.63) is 35.4 Å². The summed E-state index contributed by atoms with van der Waals surface area (Å²) in [6, 6.07) is 3.20. The SMILES string of the molecule is CC(c1ccc(F)c(F)c1)N(C)C(=O)C1CC1(Cl)Cl. The summed E-state index contributed by atoms with van der Waals surface area (Å²) >= 11 is 11.7. The number of benzene rings is 1. The second-order valence-electron chi connectivity index (χ2n) is 4.82. The number of halogens is 4. The van der Waals surface area contributed by atoms with Gasteiger partial charge in [0.05, 0.1) is 12.0 Å². The van der Waals surface area contributed by atoms with Crippen LogP contribution in [0.5, 0.6) is 0 Å². The normalized spacial score (nSPS) is 21.9. The summed E-state index contributed by atoms with van der Waals surface area (Å²) in [6.07, 6.45) is 0.420. The maximum atomic E-state index is 13.2. The fraction of sp³-hybridized carbons (Fsp3) is 0.462. The molecule has 1 aliphatic rings. The third-order valence-electron chi connectivity index (χ3n) is 3.48. The minimum Gasteiger partial charge on any atom is -0.339 e. The lowest BCUT2D eigenvalue weighted by Crippen LogP contribution is -2.32. The molecule has 2 unspecified atom stereocenters. The van der Waals surface area contributed by atoms with Crippen molar-refractivity contribution in [2.75, 3.05) is 7.05 Å². The molecular formula is C13H13Cl2F2NO. The lowest BCUT2D eigenvalue weighted by atomic mass is 10.1. The maximum Gasteiger partial charge on any atom is 0.229 e. The minimum atomic E-state index is -0.987. The summed E-state index contributed by atoms with van der Waals surface area (Å²) in [6.45, 7) is 1.73. The highest BCUT2D eigenvalue weighted by Gasteiger charge is 2.57. The molecule has 19 heavy (non-hydrogen) atoms. The Bertz CT molecular complexity index is 521. The van der Waals surface area contributed by atoms with Crippen molar-refractivity contribution < 1.29 is 13.6 Å². The summed E-state index contributed by atoms with van der Waals surface area (Å²) in [5.74, 6) is -2.45. The number of alkyl halides is 2. The molecule has 1 aromatic rings. The van der Waals surface area contributed by atoms with Crippen LogP contribution in [0, 0.1) is 17.6 Å². The Morgan fingerprint density at radius 2 is 2.00 bits per heavy atom. The molecule has 2 atom stereocenters. The first kappa shape index (κ1) is 14.5. The Balaban J connectivity index is 2.12. The lowest BCUT2D eigenvalue weighted by Gasteiger charge is -2.25. The van der Waals surface area contributed by atoms with Crippen LogP contribution in [0.3, 0.4) is 0 Å².